The zero-order chi connectivity index (χ0) is 13.8. The second-order valence-electron chi connectivity index (χ2n) is 6.11. The zero-order valence-electron chi connectivity index (χ0n) is 12.4. The van der Waals surface area contributed by atoms with E-state index in [4.69, 9.17) is 5.73 Å². The van der Waals surface area contributed by atoms with Crippen LogP contribution in [0.5, 0.6) is 0 Å². The summed E-state index contributed by atoms with van der Waals surface area (Å²) in [6.07, 6.45) is 5.43. The maximum absolute atomic E-state index is 6.05. The van der Waals surface area contributed by atoms with Crippen molar-refractivity contribution in [2.45, 2.75) is 52.1 Å². The van der Waals surface area contributed by atoms with Gasteiger partial charge in [0.15, 0.2) is 0 Å². The van der Waals surface area contributed by atoms with Gasteiger partial charge in [0.25, 0.3) is 0 Å². The first-order valence-corrected chi connectivity index (χ1v) is 8.29. The average molecular weight is 281 g/mol. The number of nitrogens with zero attached hydrogens (tertiary/aromatic N) is 2. The Morgan fingerprint density at radius 2 is 2.32 bits per heavy atom. The molecular formula is C15H27N3S. The molecule has 1 aliphatic rings. The monoisotopic (exact) mass is 281 g/mol. The Balaban J connectivity index is 1.96. The molecule has 3 unspecified atom stereocenters. The van der Waals surface area contributed by atoms with Crippen LogP contribution in [0.25, 0.3) is 0 Å². The fraction of sp³-hybridized carbons (Fsp3) is 0.800. The predicted molar refractivity (Wildman–Crippen MR) is 82.3 cm³/mol. The van der Waals surface area contributed by atoms with Gasteiger partial charge in [-0.05, 0) is 38.6 Å². The van der Waals surface area contributed by atoms with E-state index in [0.29, 0.717) is 6.04 Å². The number of aromatic nitrogens is 1. The molecule has 0 aromatic carbocycles. The zero-order valence-corrected chi connectivity index (χ0v) is 13.2. The van der Waals surface area contributed by atoms with Gasteiger partial charge in [-0.2, -0.15) is 0 Å². The number of rotatable bonds is 5. The molecule has 4 heteroatoms. The van der Waals surface area contributed by atoms with Gasteiger partial charge in [0.2, 0.25) is 0 Å². The Morgan fingerprint density at radius 1 is 1.53 bits per heavy atom. The molecule has 2 N–H and O–H groups in total. The molecule has 3 atom stereocenters. The minimum Gasteiger partial charge on any atom is -0.329 e. The van der Waals surface area contributed by atoms with Crippen LogP contribution in [0, 0.1) is 18.8 Å². The molecule has 0 bridgehead atoms. The normalized spacial score (nSPS) is 25.7. The number of nitrogens with two attached hydrogens (primary N) is 1. The van der Waals surface area contributed by atoms with Crippen molar-refractivity contribution in [2.24, 2.45) is 17.6 Å². The fourth-order valence-corrected chi connectivity index (χ4v) is 4.02. The second kappa shape index (κ2) is 6.82. The lowest BCUT2D eigenvalue weighted by Crippen LogP contribution is -2.44. The van der Waals surface area contributed by atoms with Gasteiger partial charge in [-0.15, -0.1) is 11.3 Å². The van der Waals surface area contributed by atoms with E-state index in [0.717, 1.165) is 29.9 Å². The molecule has 1 aliphatic carbocycles. The Hall–Kier alpha value is -0.450. The Labute approximate surface area is 121 Å². The van der Waals surface area contributed by atoms with E-state index in [1.807, 2.05) is 0 Å². The minimum atomic E-state index is 0.504. The maximum Gasteiger partial charge on any atom is 0.0897 e. The summed E-state index contributed by atoms with van der Waals surface area (Å²) in [5, 5.41) is 3.32. The number of hydrogen-bond donors (Lipinski definition) is 1. The third kappa shape index (κ3) is 4.01. The molecule has 0 saturated heterocycles. The van der Waals surface area contributed by atoms with Gasteiger partial charge < -0.3 is 5.73 Å². The lowest BCUT2D eigenvalue weighted by molar-refractivity contribution is 0.124. The highest BCUT2D eigenvalue weighted by atomic mass is 32.1. The first-order valence-electron chi connectivity index (χ1n) is 7.41. The van der Waals surface area contributed by atoms with Crippen LogP contribution in [0.1, 0.15) is 43.3 Å². The second-order valence-corrected chi connectivity index (χ2v) is 7.17. The summed E-state index contributed by atoms with van der Waals surface area (Å²) in [6, 6.07) is 0.504. The summed E-state index contributed by atoms with van der Waals surface area (Å²) in [5.74, 6) is 1.63. The van der Waals surface area contributed by atoms with Crippen molar-refractivity contribution < 1.29 is 0 Å². The van der Waals surface area contributed by atoms with Gasteiger partial charge in [0.1, 0.15) is 0 Å². The maximum atomic E-state index is 6.05. The largest absolute Gasteiger partial charge is 0.329 e. The highest BCUT2D eigenvalue weighted by Crippen LogP contribution is 2.32. The molecule has 1 heterocycles. The van der Waals surface area contributed by atoms with Crippen molar-refractivity contribution >= 4 is 11.3 Å². The summed E-state index contributed by atoms with van der Waals surface area (Å²) in [7, 11) is 2.20. The smallest absolute Gasteiger partial charge is 0.0897 e. The van der Waals surface area contributed by atoms with E-state index in [9.17, 15) is 0 Å². The van der Waals surface area contributed by atoms with Crippen molar-refractivity contribution in [3.63, 3.8) is 0 Å². The SMILES string of the molecule is Cc1nc(CN(C)C(CN)C2CCCC(C)C2)cs1. The molecule has 0 amide bonds. The number of aryl methyl sites for hydroxylation is 1. The summed E-state index contributed by atoms with van der Waals surface area (Å²) >= 11 is 1.73. The highest BCUT2D eigenvalue weighted by molar-refractivity contribution is 7.09. The van der Waals surface area contributed by atoms with Crippen LogP contribution >= 0.6 is 11.3 Å². The van der Waals surface area contributed by atoms with Gasteiger partial charge in [-0.1, -0.05) is 19.8 Å². The van der Waals surface area contributed by atoms with E-state index in [1.54, 1.807) is 11.3 Å². The molecule has 1 saturated carbocycles. The Kier molecular flexibility index (Phi) is 5.37. The highest BCUT2D eigenvalue weighted by Gasteiger charge is 2.28. The summed E-state index contributed by atoms with van der Waals surface area (Å²) in [5.41, 5.74) is 7.24. The van der Waals surface area contributed by atoms with E-state index in [1.165, 1.54) is 31.4 Å². The summed E-state index contributed by atoms with van der Waals surface area (Å²) in [4.78, 5) is 6.98. The lowest BCUT2D eigenvalue weighted by Gasteiger charge is -2.37. The molecule has 0 radical (unpaired) electrons. The molecule has 1 aromatic rings. The van der Waals surface area contributed by atoms with Gasteiger partial charge in [0, 0.05) is 24.5 Å². The van der Waals surface area contributed by atoms with Crippen molar-refractivity contribution in [3.8, 4) is 0 Å². The van der Waals surface area contributed by atoms with Crippen molar-refractivity contribution in [2.75, 3.05) is 13.6 Å². The van der Waals surface area contributed by atoms with E-state index >= 15 is 0 Å². The average Bonchev–Trinajstić information content (AvgIpc) is 2.75. The molecule has 2 rings (SSSR count). The Bertz CT molecular complexity index is 390. The quantitative estimate of drug-likeness (QED) is 0.902. The third-order valence-electron chi connectivity index (χ3n) is 4.41. The van der Waals surface area contributed by atoms with E-state index < -0.39 is 0 Å². The van der Waals surface area contributed by atoms with Crippen LogP contribution in [-0.4, -0.2) is 29.5 Å². The van der Waals surface area contributed by atoms with E-state index in [2.05, 4.69) is 36.2 Å². The van der Waals surface area contributed by atoms with Crippen LogP contribution in [0.3, 0.4) is 0 Å². The fourth-order valence-electron chi connectivity index (χ4n) is 3.42. The summed E-state index contributed by atoms with van der Waals surface area (Å²) in [6.45, 7) is 6.13. The van der Waals surface area contributed by atoms with Crippen LogP contribution < -0.4 is 5.73 Å². The molecule has 0 aliphatic heterocycles. The van der Waals surface area contributed by atoms with Crippen LogP contribution in [0.15, 0.2) is 5.38 Å². The molecule has 1 fully saturated rings. The third-order valence-corrected chi connectivity index (χ3v) is 5.23. The first kappa shape index (κ1) is 14.9. The molecule has 1 aromatic heterocycles. The van der Waals surface area contributed by atoms with Gasteiger partial charge in [-0.25, -0.2) is 4.98 Å². The standard InChI is InChI=1S/C15H27N3S/c1-11-5-4-6-13(7-11)15(8-16)18(3)9-14-10-19-12(2)17-14/h10-11,13,15H,4-9,16H2,1-3H3. The minimum absolute atomic E-state index is 0.504. The molecule has 3 nitrogen and oxygen atoms in total. The number of thiazole rings is 1. The molecule has 0 spiro atoms. The van der Waals surface area contributed by atoms with E-state index in [-0.39, 0.29) is 0 Å². The van der Waals surface area contributed by atoms with Gasteiger partial charge in [-0.3, -0.25) is 4.90 Å². The van der Waals surface area contributed by atoms with Crippen molar-refractivity contribution in [1.29, 1.82) is 0 Å². The predicted octanol–water partition coefficient (Wildman–Crippen LogP) is 3.04. The van der Waals surface area contributed by atoms with Gasteiger partial charge in [0.05, 0.1) is 10.7 Å². The van der Waals surface area contributed by atoms with Crippen molar-refractivity contribution in [3.05, 3.63) is 16.1 Å². The Morgan fingerprint density at radius 3 is 2.89 bits per heavy atom. The topological polar surface area (TPSA) is 42.2 Å². The van der Waals surface area contributed by atoms with Crippen LogP contribution in [0.4, 0.5) is 0 Å². The molecular weight excluding hydrogens is 254 g/mol. The van der Waals surface area contributed by atoms with Crippen LogP contribution in [0.2, 0.25) is 0 Å². The van der Waals surface area contributed by atoms with Gasteiger partial charge >= 0.3 is 0 Å². The first-order chi connectivity index (χ1) is 9.10. The molecule has 108 valence electrons. The summed E-state index contributed by atoms with van der Waals surface area (Å²) < 4.78 is 0. The van der Waals surface area contributed by atoms with Crippen molar-refractivity contribution in [1.82, 2.24) is 9.88 Å². The van der Waals surface area contributed by atoms with Crippen LogP contribution in [-0.2, 0) is 6.54 Å². The molecule has 19 heavy (non-hydrogen) atoms. The lowest BCUT2D eigenvalue weighted by atomic mass is 9.78. The number of hydrogen-bond acceptors (Lipinski definition) is 4. The number of likely N-dealkylation sites (N-methyl/N-ethyl adjacent to an activating group) is 1.